The molecule has 0 bridgehead atoms. The summed E-state index contributed by atoms with van der Waals surface area (Å²) in [6, 6.07) is 14.1. The highest BCUT2D eigenvalue weighted by Gasteiger charge is 2.19. The number of thiazole rings is 1. The normalized spacial score (nSPS) is 10.2. The van der Waals surface area contributed by atoms with Crippen LogP contribution < -0.4 is 5.32 Å². The van der Waals surface area contributed by atoms with Gasteiger partial charge in [-0.3, -0.25) is 4.79 Å². The molecule has 1 N–H and O–H groups in total. The Balaban J connectivity index is 1.62. The van der Waals surface area contributed by atoms with E-state index in [0.717, 1.165) is 11.3 Å². The number of nitriles is 1. The highest BCUT2D eigenvalue weighted by atomic mass is 32.1. The van der Waals surface area contributed by atoms with Gasteiger partial charge in [0.1, 0.15) is 15.7 Å². The van der Waals surface area contributed by atoms with Gasteiger partial charge in [-0.15, -0.1) is 11.3 Å². The quantitative estimate of drug-likeness (QED) is 0.661. The predicted octanol–water partition coefficient (Wildman–Crippen LogP) is 3.92. The summed E-state index contributed by atoms with van der Waals surface area (Å²) < 4.78 is 18.1. The van der Waals surface area contributed by atoms with E-state index in [-0.39, 0.29) is 10.7 Å². The molecule has 0 aliphatic rings. The van der Waals surface area contributed by atoms with E-state index in [1.807, 2.05) is 6.07 Å². The first-order chi connectivity index (χ1) is 13.5. The van der Waals surface area contributed by atoms with Crippen molar-refractivity contribution in [1.29, 1.82) is 5.26 Å². The van der Waals surface area contributed by atoms with Crippen molar-refractivity contribution in [3.8, 4) is 16.6 Å². The molecule has 1 amide bonds. The third-order valence-electron chi connectivity index (χ3n) is 3.68. The molecule has 0 radical (unpaired) electrons. The first-order valence-corrected chi connectivity index (χ1v) is 8.98. The second kappa shape index (κ2) is 8.41. The summed E-state index contributed by atoms with van der Waals surface area (Å²) in [7, 11) is 0. The Morgan fingerprint density at radius 3 is 2.71 bits per heavy atom. The molecular formula is C20H14FN3O3S. The fourth-order valence-electron chi connectivity index (χ4n) is 2.36. The maximum atomic E-state index is 13.0. The Bertz CT molecular complexity index is 1070. The molecule has 0 atom stereocenters. The van der Waals surface area contributed by atoms with Crippen molar-refractivity contribution in [1.82, 2.24) is 4.98 Å². The molecule has 3 rings (SSSR count). The molecule has 2 aromatic carbocycles. The molecule has 1 heterocycles. The van der Waals surface area contributed by atoms with Crippen molar-refractivity contribution in [2.75, 3.05) is 11.9 Å². The van der Waals surface area contributed by atoms with Gasteiger partial charge < -0.3 is 10.1 Å². The first-order valence-electron chi connectivity index (χ1n) is 8.17. The lowest BCUT2D eigenvalue weighted by molar-refractivity contribution is -0.119. The number of nitrogens with one attached hydrogen (secondary N) is 1. The third-order valence-corrected chi connectivity index (χ3v) is 4.87. The number of anilines is 1. The highest BCUT2D eigenvalue weighted by molar-refractivity contribution is 7.17. The average molecular weight is 395 g/mol. The van der Waals surface area contributed by atoms with Gasteiger partial charge in [0.15, 0.2) is 6.61 Å². The lowest BCUT2D eigenvalue weighted by Crippen LogP contribution is -2.20. The van der Waals surface area contributed by atoms with E-state index in [9.17, 15) is 14.0 Å². The number of carbonyl (C=O) groups is 2. The number of nitrogens with zero attached hydrogens (tertiary/aromatic N) is 2. The maximum absolute atomic E-state index is 13.0. The van der Waals surface area contributed by atoms with Crippen LogP contribution in [0.3, 0.4) is 0 Å². The second-order valence-corrected chi connectivity index (χ2v) is 6.76. The van der Waals surface area contributed by atoms with Crippen molar-refractivity contribution in [3.05, 3.63) is 70.5 Å². The molecule has 8 heteroatoms. The van der Waals surface area contributed by atoms with E-state index in [4.69, 9.17) is 10.00 Å². The highest BCUT2D eigenvalue weighted by Crippen LogP contribution is 2.28. The fraction of sp³-hybridized carbons (Fsp3) is 0.100. The smallest absolute Gasteiger partial charge is 0.350 e. The van der Waals surface area contributed by atoms with Gasteiger partial charge in [-0.1, -0.05) is 6.07 Å². The summed E-state index contributed by atoms with van der Waals surface area (Å²) >= 11 is 1.11. The number of amides is 1. The number of ether oxygens (including phenoxy) is 1. The topological polar surface area (TPSA) is 92.1 Å². The summed E-state index contributed by atoms with van der Waals surface area (Å²) in [4.78, 5) is 28.8. The van der Waals surface area contributed by atoms with Gasteiger partial charge in [0.25, 0.3) is 5.91 Å². The molecule has 0 aliphatic carbocycles. The van der Waals surface area contributed by atoms with Crippen molar-refractivity contribution in [2.24, 2.45) is 0 Å². The number of hydrogen-bond acceptors (Lipinski definition) is 6. The van der Waals surface area contributed by atoms with Gasteiger partial charge in [-0.25, -0.2) is 14.2 Å². The van der Waals surface area contributed by atoms with Crippen LogP contribution >= 0.6 is 11.3 Å². The standard InChI is InChI=1S/C20H14FN3O3S/c1-12-18(28-19(23-12)14-5-7-15(21)8-6-14)20(26)27-11-17(25)24-16-4-2-3-13(9-16)10-22/h2-9H,11H2,1H3,(H,24,25). The molecule has 1 aromatic heterocycles. The molecule has 0 fully saturated rings. The second-order valence-electron chi connectivity index (χ2n) is 5.76. The number of aryl methyl sites for hydroxylation is 1. The summed E-state index contributed by atoms with van der Waals surface area (Å²) in [5.41, 5.74) is 2.00. The molecule has 28 heavy (non-hydrogen) atoms. The molecule has 0 unspecified atom stereocenters. The van der Waals surface area contributed by atoms with Crippen LogP contribution in [0.4, 0.5) is 10.1 Å². The Kier molecular flexibility index (Phi) is 5.77. The lowest BCUT2D eigenvalue weighted by Gasteiger charge is -2.06. The van der Waals surface area contributed by atoms with Gasteiger partial charge in [0.2, 0.25) is 0 Å². The minimum Gasteiger partial charge on any atom is -0.451 e. The number of aromatic nitrogens is 1. The molecular weight excluding hydrogens is 381 g/mol. The number of rotatable bonds is 5. The number of benzene rings is 2. The van der Waals surface area contributed by atoms with Crippen LogP contribution in [0.5, 0.6) is 0 Å². The average Bonchev–Trinajstić information content (AvgIpc) is 3.08. The van der Waals surface area contributed by atoms with Gasteiger partial charge in [0, 0.05) is 11.3 Å². The number of esters is 1. The Morgan fingerprint density at radius 2 is 2.00 bits per heavy atom. The Morgan fingerprint density at radius 1 is 1.25 bits per heavy atom. The van der Waals surface area contributed by atoms with E-state index in [1.165, 1.54) is 18.2 Å². The van der Waals surface area contributed by atoms with Crippen LogP contribution in [0.1, 0.15) is 20.9 Å². The third kappa shape index (κ3) is 4.58. The molecule has 0 saturated heterocycles. The van der Waals surface area contributed by atoms with Gasteiger partial charge in [0.05, 0.1) is 17.3 Å². The molecule has 3 aromatic rings. The minimum absolute atomic E-state index is 0.276. The van der Waals surface area contributed by atoms with Gasteiger partial charge in [-0.2, -0.15) is 5.26 Å². The Hall–Kier alpha value is -3.57. The number of hydrogen-bond donors (Lipinski definition) is 1. The van der Waals surface area contributed by atoms with E-state index in [2.05, 4.69) is 10.3 Å². The van der Waals surface area contributed by atoms with Crippen molar-refractivity contribution in [3.63, 3.8) is 0 Å². The minimum atomic E-state index is -0.663. The van der Waals surface area contributed by atoms with Crippen LogP contribution in [0.15, 0.2) is 48.5 Å². The van der Waals surface area contributed by atoms with E-state index in [1.54, 1.807) is 37.3 Å². The predicted molar refractivity (Wildman–Crippen MR) is 102 cm³/mol. The summed E-state index contributed by atoms with van der Waals surface area (Å²) in [5.74, 6) is -1.54. The zero-order chi connectivity index (χ0) is 20.1. The summed E-state index contributed by atoms with van der Waals surface area (Å²) in [6.07, 6.45) is 0. The first kappa shape index (κ1) is 19.2. The molecule has 0 saturated carbocycles. The summed E-state index contributed by atoms with van der Waals surface area (Å²) in [5, 5.41) is 12.0. The van der Waals surface area contributed by atoms with Crippen molar-refractivity contribution in [2.45, 2.75) is 6.92 Å². The SMILES string of the molecule is Cc1nc(-c2ccc(F)cc2)sc1C(=O)OCC(=O)Nc1cccc(C#N)c1. The maximum Gasteiger partial charge on any atom is 0.350 e. The zero-order valence-electron chi connectivity index (χ0n) is 14.7. The largest absolute Gasteiger partial charge is 0.451 e. The van der Waals surface area contributed by atoms with Crippen LogP contribution in [0, 0.1) is 24.1 Å². The van der Waals surface area contributed by atoms with Crippen LogP contribution in [-0.4, -0.2) is 23.5 Å². The van der Waals surface area contributed by atoms with E-state index < -0.39 is 18.5 Å². The Labute approximate surface area is 164 Å². The molecule has 6 nitrogen and oxygen atoms in total. The van der Waals surface area contributed by atoms with Crippen LogP contribution in [-0.2, 0) is 9.53 Å². The van der Waals surface area contributed by atoms with Crippen molar-refractivity contribution >= 4 is 28.9 Å². The van der Waals surface area contributed by atoms with Crippen LogP contribution in [0.25, 0.3) is 10.6 Å². The van der Waals surface area contributed by atoms with Gasteiger partial charge in [-0.05, 0) is 49.4 Å². The van der Waals surface area contributed by atoms with E-state index in [0.29, 0.717) is 27.5 Å². The molecule has 0 spiro atoms. The van der Waals surface area contributed by atoms with Gasteiger partial charge >= 0.3 is 5.97 Å². The van der Waals surface area contributed by atoms with Crippen molar-refractivity contribution < 1.29 is 18.7 Å². The number of carbonyl (C=O) groups excluding carboxylic acids is 2. The van der Waals surface area contributed by atoms with E-state index >= 15 is 0 Å². The molecule has 0 aliphatic heterocycles. The zero-order valence-corrected chi connectivity index (χ0v) is 15.5. The molecule has 140 valence electrons. The number of halogens is 1. The van der Waals surface area contributed by atoms with Crippen LogP contribution in [0.2, 0.25) is 0 Å². The lowest BCUT2D eigenvalue weighted by atomic mass is 10.2. The fourth-order valence-corrected chi connectivity index (χ4v) is 3.33. The summed E-state index contributed by atoms with van der Waals surface area (Å²) in [6.45, 7) is 1.19. The monoisotopic (exact) mass is 395 g/mol.